The van der Waals surface area contributed by atoms with Gasteiger partial charge in [0.05, 0.1) is 11.4 Å². The summed E-state index contributed by atoms with van der Waals surface area (Å²) in [6.45, 7) is 13.0. The minimum Gasteiger partial charge on any atom is -0.339 e. The molecule has 0 radical (unpaired) electrons. The van der Waals surface area contributed by atoms with Gasteiger partial charge in [0, 0.05) is 17.2 Å². The predicted molar refractivity (Wildman–Crippen MR) is 108 cm³/mol. The highest BCUT2D eigenvalue weighted by Crippen LogP contribution is 2.52. The van der Waals surface area contributed by atoms with Gasteiger partial charge in [-0.05, 0) is 57.8 Å². The first-order valence-electron chi connectivity index (χ1n) is 10.3. The van der Waals surface area contributed by atoms with Gasteiger partial charge in [-0.25, -0.2) is 4.98 Å². The Bertz CT molecular complexity index is 819. The summed E-state index contributed by atoms with van der Waals surface area (Å²) < 4.78 is 7.92. The quantitative estimate of drug-likeness (QED) is 0.636. The lowest BCUT2D eigenvalue weighted by atomic mass is 9.84. The van der Waals surface area contributed by atoms with Crippen LogP contribution in [-0.4, -0.2) is 19.7 Å². The van der Waals surface area contributed by atoms with E-state index in [2.05, 4.69) is 56.3 Å². The second kappa shape index (κ2) is 6.94. The van der Waals surface area contributed by atoms with Crippen LogP contribution in [0.4, 0.5) is 0 Å². The van der Waals surface area contributed by atoms with Crippen molar-refractivity contribution in [1.29, 1.82) is 0 Å². The molecule has 5 nitrogen and oxygen atoms in total. The summed E-state index contributed by atoms with van der Waals surface area (Å²) in [6.07, 6.45) is 5.72. The van der Waals surface area contributed by atoms with Crippen molar-refractivity contribution in [3.63, 3.8) is 0 Å². The van der Waals surface area contributed by atoms with Gasteiger partial charge in [0.2, 0.25) is 5.89 Å². The van der Waals surface area contributed by atoms with Gasteiger partial charge in [0.25, 0.3) is 0 Å². The van der Waals surface area contributed by atoms with Crippen molar-refractivity contribution in [2.45, 2.75) is 89.6 Å². The first-order chi connectivity index (χ1) is 12.7. The number of hydrogen-bond acceptors (Lipinski definition) is 5. The van der Waals surface area contributed by atoms with Crippen LogP contribution in [0.15, 0.2) is 9.68 Å². The van der Waals surface area contributed by atoms with Crippen molar-refractivity contribution in [3.05, 3.63) is 23.1 Å². The van der Waals surface area contributed by atoms with Crippen LogP contribution in [0.5, 0.6) is 0 Å². The number of aromatic nitrogens is 4. The summed E-state index contributed by atoms with van der Waals surface area (Å²) >= 11 is 1.73. The topological polar surface area (TPSA) is 56.7 Å². The van der Waals surface area contributed by atoms with E-state index in [-0.39, 0.29) is 5.41 Å². The Hall–Kier alpha value is -1.30. The predicted octanol–water partition coefficient (Wildman–Crippen LogP) is 5.47. The Labute approximate surface area is 166 Å². The maximum atomic E-state index is 5.44. The molecule has 0 aromatic carbocycles. The van der Waals surface area contributed by atoms with Crippen LogP contribution in [0.1, 0.15) is 82.5 Å². The molecule has 0 spiro atoms. The molecule has 2 fully saturated rings. The summed E-state index contributed by atoms with van der Waals surface area (Å²) in [6, 6.07) is 0.513. The Morgan fingerprint density at radius 1 is 1.19 bits per heavy atom. The van der Waals surface area contributed by atoms with Gasteiger partial charge in [0.1, 0.15) is 0 Å². The van der Waals surface area contributed by atoms with Gasteiger partial charge < -0.3 is 9.09 Å². The van der Waals surface area contributed by atoms with Gasteiger partial charge in [-0.3, -0.25) is 0 Å². The second-order valence-electron chi connectivity index (χ2n) is 9.57. The van der Waals surface area contributed by atoms with E-state index in [0.717, 1.165) is 34.4 Å². The van der Waals surface area contributed by atoms with Crippen LogP contribution >= 0.6 is 11.8 Å². The second-order valence-corrected chi connectivity index (χ2v) is 10.5. The molecule has 148 valence electrons. The third kappa shape index (κ3) is 3.57. The number of hydrogen-bond donors (Lipinski definition) is 0. The average Bonchev–Trinajstić information content (AvgIpc) is 3.36. The van der Waals surface area contributed by atoms with Gasteiger partial charge in [0.15, 0.2) is 11.0 Å². The van der Waals surface area contributed by atoms with E-state index in [1.165, 1.54) is 31.4 Å². The molecule has 6 heteroatoms. The third-order valence-electron chi connectivity index (χ3n) is 6.61. The maximum Gasteiger partial charge on any atom is 0.232 e. The van der Waals surface area contributed by atoms with Crippen LogP contribution in [0.25, 0.3) is 0 Å². The molecular weight excluding hydrogens is 356 g/mol. The van der Waals surface area contributed by atoms with Crippen molar-refractivity contribution >= 4 is 11.8 Å². The molecule has 2 bridgehead atoms. The van der Waals surface area contributed by atoms with E-state index in [0.29, 0.717) is 17.7 Å². The maximum absolute atomic E-state index is 5.44. The Morgan fingerprint density at radius 3 is 2.56 bits per heavy atom. The normalized spacial score (nSPS) is 26.1. The molecule has 4 unspecified atom stereocenters. The van der Waals surface area contributed by atoms with E-state index in [1.807, 2.05) is 0 Å². The summed E-state index contributed by atoms with van der Waals surface area (Å²) in [7, 11) is 0. The SMILES string of the molecule is Cc1nc(SCc2noc(C(C)(C)C)n2)n(C(C)C2CC3CCC2C3)c1C. The Kier molecular flexibility index (Phi) is 4.90. The lowest BCUT2D eigenvalue weighted by Crippen LogP contribution is -2.23. The zero-order valence-corrected chi connectivity index (χ0v) is 18.3. The molecule has 0 saturated heterocycles. The van der Waals surface area contributed by atoms with Gasteiger partial charge >= 0.3 is 0 Å². The highest BCUT2D eigenvalue weighted by molar-refractivity contribution is 7.98. The van der Waals surface area contributed by atoms with Crippen molar-refractivity contribution in [1.82, 2.24) is 19.7 Å². The summed E-state index contributed by atoms with van der Waals surface area (Å²) in [4.78, 5) is 9.45. The highest BCUT2D eigenvalue weighted by Gasteiger charge is 2.43. The summed E-state index contributed by atoms with van der Waals surface area (Å²) in [5.74, 6) is 4.83. The summed E-state index contributed by atoms with van der Waals surface area (Å²) in [5, 5.41) is 5.27. The minimum absolute atomic E-state index is 0.113. The molecule has 0 aliphatic heterocycles. The molecule has 2 aromatic heterocycles. The lowest BCUT2D eigenvalue weighted by molar-refractivity contribution is 0.232. The van der Waals surface area contributed by atoms with Crippen molar-refractivity contribution in [2.75, 3.05) is 0 Å². The molecule has 4 atom stereocenters. The van der Waals surface area contributed by atoms with E-state index in [9.17, 15) is 0 Å². The van der Waals surface area contributed by atoms with Gasteiger partial charge in [-0.1, -0.05) is 44.1 Å². The largest absolute Gasteiger partial charge is 0.339 e. The number of thioether (sulfide) groups is 1. The standard InChI is InChI=1S/C21H32N4OS/c1-12-13(2)25(14(3)17-10-15-7-8-16(17)9-15)20(22-12)27-11-18-23-19(26-24-18)21(4,5)6/h14-17H,7-11H2,1-6H3. The monoisotopic (exact) mass is 388 g/mol. The number of nitrogens with zero attached hydrogens (tertiary/aromatic N) is 4. The minimum atomic E-state index is -0.113. The molecule has 2 aliphatic carbocycles. The van der Waals surface area contributed by atoms with E-state index < -0.39 is 0 Å². The molecule has 2 aromatic rings. The third-order valence-corrected chi connectivity index (χ3v) is 7.56. The molecular formula is C21H32N4OS. The van der Waals surface area contributed by atoms with Crippen molar-refractivity contribution < 1.29 is 4.52 Å². The number of imidazole rings is 1. The van der Waals surface area contributed by atoms with Crippen LogP contribution in [-0.2, 0) is 11.2 Å². The molecule has 2 saturated carbocycles. The molecule has 2 aliphatic rings. The number of fused-ring (bicyclic) bond motifs is 2. The molecule has 2 heterocycles. The molecule has 0 amide bonds. The number of rotatable bonds is 5. The fourth-order valence-corrected chi connectivity index (χ4v) is 6.02. The zero-order chi connectivity index (χ0) is 19.3. The van der Waals surface area contributed by atoms with Gasteiger partial charge in [-0.2, -0.15) is 4.98 Å². The van der Waals surface area contributed by atoms with Crippen LogP contribution in [0, 0.1) is 31.6 Å². The van der Waals surface area contributed by atoms with Crippen LogP contribution in [0.3, 0.4) is 0 Å². The fourth-order valence-electron chi connectivity index (χ4n) is 5.00. The highest BCUT2D eigenvalue weighted by atomic mass is 32.2. The van der Waals surface area contributed by atoms with E-state index in [1.54, 1.807) is 11.8 Å². The molecule has 27 heavy (non-hydrogen) atoms. The average molecular weight is 389 g/mol. The first-order valence-corrected chi connectivity index (χ1v) is 11.2. The van der Waals surface area contributed by atoms with Crippen molar-refractivity contribution in [2.24, 2.45) is 17.8 Å². The molecule has 0 N–H and O–H groups in total. The van der Waals surface area contributed by atoms with Crippen molar-refractivity contribution in [3.8, 4) is 0 Å². The Balaban J connectivity index is 1.51. The van der Waals surface area contributed by atoms with E-state index in [4.69, 9.17) is 9.51 Å². The smallest absolute Gasteiger partial charge is 0.232 e. The van der Waals surface area contributed by atoms with E-state index >= 15 is 0 Å². The zero-order valence-electron chi connectivity index (χ0n) is 17.5. The Morgan fingerprint density at radius 2 is 1.96 bits per heavy atom. The molecule has 4 rings (SSSR count). The first kappa shape index (κ1) is 19.0. The van der Waals surface area contributed by atoms with Crippen LogP contribution in [0.2, 0.25) is 0 Å². The van der Waals surface area contributed by atoms with Crippen LogP contribution < -0.4 is 0 Å². The van der Waals surface area contributed by atoms with Gasteiger partial charge in [-0.15, -0.1) is 0 Å². The summed E-state index contributed by atoms with van der Waals surface area (Å²) in [5.41, 5.74) is 2.32. The number of aryl methyl sites for hydroxylation is 1. The lowest BCUT2D eigenvalue weighted by Gasteiger charge is -2.30. The fraction of sp³-hybridized carbons (Fsp3) is 0.762.